The lowest BCUT2D eigenvalue weighted by molar-refractivity contribution is -0.154. The molecule has 296 valence electrons. The molecular weight excluding hydrogens is 717 g/mol. The fourth-order valence-corrected chi connectivity index (χ4v) is 6.07. The number of hydrogen-bond acceptors (Lipinski definition) is 12. The molecule has 16 heteroatoms. The minimum atomic E-state index is -1.58. The van der Waals surface area contributed by atoms with E-state index >= 15 is 0 Å². The predicted molar refractivity (Wildman–Crippen MR) is 205 cm³/mol. The Morgan fingerprint density at radius 1 is 1.04 bits per heavy atom. The van der Waals surface area contributed by atoms with Gasteiger partial charge in [0.25, 0.3) is 5.91 Å². The molecule has 0 saturated heterocycles. The number of rotatable bonds is 8. The van der Waals surface area contributed by atoms with E-state index in [1.165, 1.54) is 17.2 Å². The topological polar surface area (TPSA) is 185 Å². The summed E-state index contributed by atoms with van der Waals surface area (Å²) in [7, 11) is -0.0252. The lowest BCUT2D eigenvalue weighted by Gasteiger charge is -2.26. The maximum Gasteiger partial charge on any atom is 0.410 e. The number of esters is 1. The first kappa shape index (κ1) is 43.8. The fourth-order valence-electron chi connectivity index (χ4n) is 4.87. The molecule has 0 spiro atoms. The van der Waals surface area contributed by atoms with Crippen molar-refractivity contribution in [2.24, 2.45) is 0 Å². The molecule has 2 amide bonds. The van der Waals surface area contributed by atoms with Crippen molar-refractivity contribution in [1.82, 2.24) is 24.5 Å². The molecule has 0 radical (unpaired) electrons. The number of ether oxygens (including phenoxy) is 5. The molecule has 1 atom stereocenters. The van der Waals surface area contributed by atoms with Crippen LogP contribution in [0, 0.1) is 0 Å². The molecule has 4 bridgehead atoms. The molecule has 2 aromatic rings. The fraction of sp³-hybridized carbons (Fsp3) is 0.500. The van der Waals surface area contributed by atoms with E-state index in [2.05, 4.69) is 28.4 Å². The summed E-state index contributed by atoms with van der Waals surface area (Å²) in [6.07, 6.45) is 2.85. The van der Waals surface area contributed by atoms with Crippen molar-refractivity contribution >= 4 is 34.8 Å². The van der Waals surface area contributed by atoms with Gasteiger partial charge in [-0.3, -0.25) is 9.59 Å². The molecule has 2 aliphatic heterocycles. The Morgan fingerprint density at radius 2 is 1.67 bits per heavy atom. The Balaban J connectivity index is 1.90. The standard InChI is InChI=1S/C38H54N6O9S/c1-10-29-33(26(2)25-43(9)36(47)53-38(6,7)8)51-23-22-50-21-20-49-19-18-44(17-11-12-31(45)52-37(3,4)5)54(48)28-15-13-27(14-16-28)30-24-40-34(39)32(41-30)35(46)42-29/h10,13-16,24H,1-2,11-12,17-23,25H2,3-9H3,(H2,39,40)(H,42,46)/b33-29-. The summed E-state index contributed by atoms with van der Waals surface area (Å²) in [5.74, 6) is -0.973. The molecule has 54 heavy (non-hydrogen) atoms. The monoisotopic (exact) mass is 770 g/mol. The van der Waals surface area contributed by atoms with E-state index in [-0.39, 0.29) is 74.9 Å². The molecule has 1 aromatic carbocycles. The number of anilines is 1. The highest BCUT2D eigenvalue weighted by atomic mass is 32.2. The molecule has 0 aliphatic carbocycles. The maximum atomic E-state index is 13.7. The van der Waals surface area contributed by atoms with Crippen LogP contribution in [0.5, 0.6) is 0 Å². The summed E-state index contributed by atoms with van der Waals surface area (Å²) in [4.78, 5) is 49.2. The Morgan fingerprint density at radius 3 is 2.30 bits per heavy atom. The highest BCUT2D eigenvalue weighted by Gasteiger charge is 2.24. The van der Waals surface area contributed by atoms with E-state index in [0.717, 1.165) is 0 Å². The minimum Gasteiger partial charge on any atom is -0.489 e. The lowest BCUT2D eigenvalue weighted by Crippen LogP contribution is -2.36. The number of nitrogens with zero attached hydrogens (tertiary/aromatic N) is 4. The van der Waals surface area contributed by atoms with Gasteiger partial charge in [0.2, 0.25) is 0 Å². The predicted octanol–water partition coefficient (Wildman–Crippen LogP) is 4.79. The highest BCUT2D eigenvalue weighted by Crippen LogP contribution is 2.23. The Labute approximate surface area is 320 Å². The number of amides is 2. The van der Waals surface area contributed by atoms with Crippen LogP contribution in [-0.4, -0.2) is 112 Å². The van der Waals surface area contributed by atoms with Crippen LogP contribution in [0.1, 0.15) is 64.9 Å². The van der Waals surface area contributed by atoms with Crippen molar-refractivity contribution in [1.29, 1.82) is 0 Å². The van der Waals surface area contributed by atoms with Crippen LogP contribution in [0.15, 0.2) is 71.6 Å². The number of allylic oxidation sites excluding steroid dienone is 1. The smallest absolute Gasteiger partial charge is 0.410 e. The summed E-state index contributed by atoms with van der Waals surface area (Å²) >= 11 is 0. The van der Waals surface area contributed by atoms with E-state index in [9.17, 15) is 18.6 Å². The molecule has 0 fully saturated rings. The molecule has 0 saturated carbocycles. The zero-order valence-corrected chi connectivity index (χ0v) is 33.2. The zero-order chi connectivity index (χ0) is 40.1. The minimum absolute atomic E-state index is 0.00237. The van der Waals surface area contributed by atoms with Crippen LogP contribution in [-0.2, 0) is 39.5 Å². The van der Waals surface area contributed by atoms with Gasteiger partial charge in [0.1, 0.15) is 34.6 Å². The van der Waals surface area contributed by atoms with E-state index in [1.54, 1.807) is 56.4 Å². The first-order valence-corrected chi connectivity index (χ1v) is 18.7. The van der Waals surface area contributed by atoms with Gasteiger partial charge in [0.05, 0.1) is 55.5 Å². The number of fused-ring (bicyclic) bond motifs is 15. The molecule has 3 N–H and O–H groups in total. The van der Waals surface area contributed by atoms with Gasteiger partial charge in [-0.25, -0.2) is 23.3 Å². The summed E-state index contributed by atoms with van der Waals surface area (Å²) in [6, 6.07) is 6.85. The van der Waals surface area contributed by atoms with Crippen LogP contribution < -0.4 is 11.1 Å². The second kappa shape index (κ2) is 20.2. The Kier molecular flexibility index (Phi) is 16.3. The second-order valence-corrected chi connectivity index (χ2v) is 15.8. The first-order chi connectivity index (χ1) is 25.4. The van der Waals surface area contributed by atoms with Crippen LogP contribution in [0.25, 0.3) is 11.3 Å². The van der Waals surface area contributed by atoms with Gasteiger partial charge in [-0.05, 0) is 66.2 Å². The van der Waals surface area contributed by atoms with Crippen LogP contribution >= 0.6 is 0 Å². The van der Waals surface area contributed by atoms with Crippen LogP contribution in [0.4, 0.5) is 10.6 Å². The van der Waals surface area contributed by atoms with Gasteiger partial charge in [-0.1, -0.05) is 25.3 Å². The van der Waals surface area contributed by atoms with E-state index in [4.69, 9.17) is 29.4 Å². The number of likely N-dealkylation sites (N-methyl/N-ethyl adjacent to an activating group) is 1. The number of nitrogens with one attached hydrogen (secondary N) is 1. The average molecular weight is 771 g/mol. The normalized spacial score (nSPS) is 18.3. The SMILES string of the molecule is C=C/C1=C(\C(=C)CN(C)C(=O)OC(C)(C)C)OCCOCCOCCN(CCCC(=O)OC(C)(C)C)S(=O)c2ccc(cc2)-c2cnc(N)c(n2)C(=O)N1. The van der Waals surface area contributed by atoms with E-state index in [1.807, 2.05) is 20.8 Å². The molecule has 3 heterocycles. The van der Waals surface area contributed by atoms with Crippen LogP contribution in [0.2, 0.25) is 0 Å². The van der Waals surface area contributed by atoms with E-state index < -0.39 is 34.2 Å². The number of nitrogens with two attached hydrogens (primary N) is 1. The Hall–Kier alpha value is -4.64. The summed E-state index contributed by atoms with van der Waals surface area (Å²) in [5, 5.41) is 2.75. The number of aromatic nitrogens is 2. The molecule has 15 nitrogen and oxygen atoms in total. The number of nitrogen functional groups attached to an aromatic ring is 1. The molecule has 1 aromatic heterocycles. The van der Waals surface area contributed by atoms with Crippen molar-refractivity contribution < 1.29 is 42.3 Å². The lowest BCUT2D eigenvalue weighted by atomic mass is 10.1. The third-order valence-corrected chi connectivity index (χ3v) is 8.80. The van der Waals surface area contributed by atoms with Crippen LogP contribution in [0.3, 0.4) is 0 Å². The maximum absolute atomic E-state index is 13.7. The summed E-state index contributed by atoms with van der Waals surface area (Å²) in [6.45, 7) is 20.3. The molecular formula is C38H54N6O9S. The Bertz CT molecular complexity index is 1700. The zero-order valence-electron chi connectivity index (χ0n) is 32.4. The number of hydrogen-bond donors (Lipinski definition) is 2. The van der Waals surface area contributed by atoms with Gasteiger partial charge in [-0.15, -0.1) is 0 Å². The van der Waals surface area contributed by atoms with Crippen molar-refractivity contribution in [2.45, 2.75) is 70.5 Å². The van der Waals surface area contributed by atoms with Crippen molar-refractivity contribution in [3.8, 4) is 11.3 Å². The summed E-state index contributed by atoms with van der Waals surface area (Å²) in [5.41, 5.74) is 6.10. The van der Waals surface area contributed by atoms with Gasteiger partial charge < -0.3 is 39.6 Å². The summed E-state index contributed by atoms with van der Waals surface area (Å²) < 4.78 is 43.9. The first-order valence-electron chi connectivity index (χ1n) is 17.6. The third-order valence-electron chi connectivity index (χ3n) is 7.29. The molecule has 1 unspecified atom stereocenters. The second-order valence-electron chi connectivity index (χ2n) is 14.3. The van der Waals surface area contributed by atoms with E-state index in [0.29, 0.717) is 41.2 Å². The average Bonchev–Trinajstić information content (AvgIpc) is 3.08. The van der Waals surface area contributed by atoms with Gasteiger partial charge in [-0.2, -0.15) is 0 Å². The van der Waals surface area contributed by atoms with Crippen molar-refractivity contribution in [2.75, 3.05) is 65.5 Å². The van der Waals surface area contributed by atoms with Gasteiger partial charge in [0.15, 0.2) is 11.5 Å². The van der Waals surface area contributed by atoms with Crippen molar-refractivity contribution in [3.05, 3.63) is 72.4 Å². The van der Waals surface area contributed by atoms with Gasteiger partial charge in [0, 0.05) is 37.7 Å². The molecule has 2 aliphatic rings. The highest BCUT2D eigenvalue weighted by molar-refractivity contribution is 7.82. The third kappa shape index (κ3) is 14.3. The van der Waals surface area contributed by atoms with Gasteiger partial charge >= 0.3 is 12.1 Å². The largest absolute Gasteiger partial charge is 0.489 e. The molecule has 4 rings (SSSR count). The van der Waals surface area contributed by atoms with Crippen molar-refractivity contribution in [3.63, 3.8) is 0 Å². The number of carbonyl (C=O) groups is 3. The number of carbonyl (C=O) groups excluding carboxylic acids is 3. The number of benzene rings is 1. The quantitative estimate of drug-likeness (QED) is 0.277.